The molecule has 2 aromatic rings. The Kier molecular flexibility index (Phi) is 3.99. The van der Waals surface area contributed by atoms with Gasteiger partial charge in [-0.3, -0.25) is 0 Å². The lowest BCUT2D eigenvalue weighted by Crippen LogP contribution is -2.35. The van der Waals surface area contributed by atoms with E-state index in [1.54, 1.807) is 6.33 Å². The van der Waals surface area contributed by atoms with Crippen LogP contribution in [0, 0.1) is 0 Å². The zero-order valence-electron chi connectivity index (χ0n) is 12.6. The highest BCUT2D eigenvalue weighted by atomic mass is 15.2. The molecule has 0 spiro atoms. The smallest absolute Gasteiger partial charge is 0.131 e. The first-order chi connectivity index (χ1) is 10.2. The lowest BCUT2D eigenvalue weighted by Gasteiger charge is -2.34. The summed E-state index contributed by atoms with van der Waals surface area (Å²) in [6.07, 6.45) is 7.75. The Balaban J connectivity index is 1.78. The van der Waals surface area contributed by atoms with Crippen molar-refractivity contribution in [2.75, 3.05) is 37.0 Å². The zero-order chi connectivity index (χ0) is 14.7. The molecular weight excluding hydrogens is 262 g/mol. The topological polar surface area (TPSA) is 45.2 Å². The Labute approximate surface area is 125 Å². The molecule has 0 amide bonds. The second-order valence-corrected chi connectivity index (χ2v) is 5.69. The van der Waals surface area contributed by atoms with Crippen LogP contribution in [0.15, 0.2) is 36.9 Å². The monoisotopic (exact) mass is 283 g/mol. The maximum atomic E-state index is 4.40. The molecule has 21 heavy (non-hydrogen) atoms. The maximum Gasteiger partial charge on any atom is 0.131 e. The molecular formula is C16H21N5. The van der Waals surface area contributed by atoms with Gasteiger partial charge in [0.05, 0.1) is 0 Å². The highest BCUT2D eigenvalue weighted by molar-refractivity contribution is 5.43. The van der Waals surface area contributed by atoms with Crippen LogP contribution in [-0.4, -0.2) is 42.1 Å². The Morgan fingerprint density at radius 3 is 2.86 bits per heavy atom. The summed E-state index contributed by atoms with van der Waals surface area (Å²) < 4.78 is 0. The molecule has 1 aliphatic heterocycles. The predicted molar refractivity (Wildman–Crippen MR) is 84.8 cm³/mol. The van der Waals surface area contributed by atoms with Crippen molar-refractivity contribution in [1.29, 1.82) is 0 Å². The first-order valence-electron chi connectivity index (χ1n) is 7.38. The molecule has 3 heterocycles. The molecule has 1 atom stereocenters. The van der Waals surface area contributed by atoms with E-state index in [0.29, 0.717) is 5.92 Å². The molecule has 0 N–H and O–H groups in total. The van der Waals surface area contributed by atoms with Crippen LogP contribution >= 0.6 is 0 Å². The van der Waals surface area contributed by atoms with Gasteiger partial charge in [0, 0.05) is 45.5 Å². The Hall–Kier alpha value is -2.17. The van der Waals surface area contributed by atoms with E-state index in [9.17, 15) is 0 Å². The van der Waals surface area contributed by atoms with Crippen LogP contribution in [-0.2, 0) is 0 Å². The summed E-state index contributed by atoms with van der Waals surface area (Å²) in [5, 5.41) is 0. The summed E-state index contributed by atoms with van der Waals surface area (Å²) in [5.41, 5.74) is 1.37. The van der Waals surface area contributed by atoms with Crippen molar-refractivity contribution in [2.45, 2.75) is 18.8 Å². The molecule has 110 valence electrons. The molecule has 5 nitrogen and oxygen atoms in total. The third-order valence-electron chi connectivity index (χ3n) is 4.01. The van der Waals surface area contributed by atoms with Crippen molar-refractivity contribution in [3.05, 3.63) is 42.5 Å². The second kappa shape index (κ2) is 6.08. The Bertz CT molecular complexity index is 584. The standard InChI is InChI=1S/C16H21N5/c1-20(2)16-10-13(5-8-18-16)14-4-3-9-21(11-14)15-6-7-17-12-19-15/h5-8,10,12,14H,3-4,9,11H2,1-2H3/t14-/m1/s1. The van der Waals surface area contributed by atoms with Crippen molar-refractivity contribution in [3.63, 3.8) is 0 Å². The number of hydrogen-bond donors (Lipinski definition) is 0. The van der Waals surface area contributed by atoms with E-state index in [4.69, 9.17) is 0 Å². The van der Waals surface area contributed by atoms with Crippen LogP contribution < -0.4 is 9.80 Å². The fourth-order valence-electron chi connectivity index (χ4n) is 2.86. The zero-order valence-corrected chi connectivity index (χ0v) is 12.6. The van der Waals surface area contributed by atoms with Crippen LogP contribution in [0.4, 0.5) is 11.6 Å². The Morgan fingerprint density at radius 2 is 2.10 bits per heavy atom. The van der Waals surface area contributed by atoms with Gasteiger partial charge in [-0.25, -0.2) is 15.0 Å². The first kappa shape index (κ1) is 13.8. The minimum Gasteiger partial charge on any atom is -0.363 e. The second-order valence-electron chi connectivity index (χ2n) is 5.69. The number of anilines is 2. The van der Waals surface area contributed by atoms with Gasteiger partial charge in [-0.2, -0.15) is 0 Å². The fraction of sp³-hybridized carbons (Fsp3) is 0.438. The number of aromatic nitrogens is 3. The van der Waals surface area contributed by atoms with E-state index in [-0.39, 0.29) is 0 Å². The number of rotatable bonds is 3. The SMILES string of the molecule is CN(C)c1cc([C@@H]2CCCN(c3ccncn3)C2)ccn1. The van der Waals surface area contributed by atoms with Crippen LogP contribution in [0.25, 0.3) is 0 Å². The largest absolute Gasteiger partial charge is 0.363 e. The van der Waals surface area contributed by atoms with Gasteiger partial charge in [0.2, 0.25) is 0 Å². The quantitative estimate of drug-likeness (QED) is 0.865. The van der Waals surface area contributed by atoms with Crippen molar-refractivity contribution in [3.8, 4) is 0 Å². The highest BCUT2D eigenvalue weighted by Crippen LogP contribution is 2.29. The van der Waals surface area contributed by atoms with Gasteiger partial charge in [-0.15, -0.1) is 0 Å². The first-order valence-corrected chi connectivity index (χ1v) is 7.38. The molecule has 0 aliphatic carbocycles. The molecule has 1 saturated heterocycles. The summed E-state index contributed by atoms with van der Waals surface area (Å²) in [7, 11) is 4.06. The van der Waals surface area contributed by atoms with Crippen molar-refractivity contribution in [2.24, 2.45) is 0 Å². The Morgan fingerprint density at radius 1 is 1.19 bits per heavy atom. The van der Waals surface area contributed by atoms with Crippen molar-refractivity contribution >= 4 is 11.6 Å². The number of piperidine rings is 1. The highest BCUT2D eigenvalue weighted by Gasteiger charge is 2.22. The van der Waals surface area contributed by atoms with Crippen molar-refractivity contribution in [1.82, 2.24) is 15.0 Å². The minimum atomic E-state index is 0.537. The van der Waals surface area contributed by atoms with Gasteiger partial charge in [-0.1, -0.05) is 0 Å². The summed E-state index contributed by atoms with van der Waals surface area (Å²) in [5.74, 6) is 2.58. The van der Waals surface area contributed by atoms with Crippen LogP contribution in [0.5, 0.6) is 0 Å². The summed E-state index contributed by atoms with van der Waals surface area (Å²) in [4.78, 5) is 17.2. The molecule has 0 saturated carbocycles. The van der Waals surface area contributed by atoms with Gasteiger partial charge in [0.15, 0.2) is 0 Å². The normalized spacial score (nSPS) is 18.6. The van der Waals surface area contributed by atoms with Gasteiger partial charge in [0.1, 0.15) is 18.0 Å². The summed E-state index contributed by atoms with van der Waals surface area (Å²) >= 11 is 0. The van der Waals surface area contributed by atoms with Gasteiger partial charge < -0.3 is 9.80 Å². The van der Waals surface area contributed by atoms with E-state index in [1.807, 2.05) is 32.6 Å². The number of pyridine rings is 1. The molecule has 0 radical (unpaired) electrons. The molecule has 3 rings (SSSR count). The summed E-state index contributed by atoms with van der Waals surface area (Å²) in [6, 6.07) is 6.33. The molecule has 1 fully saturated rings. The third kappa shape index (κ3) is 3.12. The maximum absolute atomic E-state index is 4.40. The number of nitrogens with zero attached hydrogens (tertiary/aromatic N) is 5. The fourth-order valence-corrected chi connectivity index (χ4v) is 2.86. The van der Waals surface area contributed by atoms with E-state index in [0.717, 1.165) is 24.7 Å². The predicted octanol–water partition coefficient (Wildman–Crippen LogP) is 2.32. The molecule has 1 aliphatic rings. The van der Waals surface area contributed by atoms with Gasteiger partial charge in [-0.05, 0) is 36.6 Å². The molecule has 0 unspecified atom stereocenters. The van der Waals surface area contributed by atoms with Gasteiger partial charge >= 0.3 is 0 Å². The van der Waals surface area contributed by atoms with Gasteiger partial charge in [0.25, 0.3) is 0 Å². The number of hydrogen-bond acceptors (Lipinski definition) is 5. The lowest BCUT2D eigenvalue weighted by molar-refractivity contribution is 0.506. The minimum absolute atomic E-state index is 0.537. The lowest BCUT2D eigenvalue weighted by atomic mass is 9.91. The van der Waals surface area contributed by atoms with Crippen LogP contribution in [0.2, 0.25) is 0 Å². The van der Waals surface area contributed by atoms with E-state index in [1.165, 1.54) is 18.4 Å². The van der Waals surface area contributed by atoms with E-state index >= 15 is 0 Å². The van der Waals surface area contributed by atoms with Crippen molar-refractivity contribution < 1.29 is 0 Å². The van der Waals surface area contributed by atoms with E-state index < -0.39 is 0 Å². The molecule has 0 aromatic carbocycles. The average Bonchev–Trinajstić information content (AvgIpc) is 2.56. The molecule has 5 heteroatoms. The molecule has 0 bridgehead atoms. The molecule has 2 aromatic heterocycles. The van der Waals surface area contributed by atoms with Crippen LogP contribution in [0.3, 0.4) is 0 Å². The summed E-state index contributed by atoms with van der Waals surface area (Å²) in [6.45, 7) is 2.08. The third-order valence-corrected chi connectivity index (χ3v) is 4.01. The van der Waals surface area contributed by atoms with E-state index in [2.05, 4.69) is 36.9 Å². The van der Waals surface area contributed by atoms with Crippen LogP contribution in [0.1, 0.15) is 24.3 Å². The average molecular weight is 283 g/mol.